The number of amides is 3. The average Bonchev–Trinajstić information content (AvgIpc) is 3.59. The lowest BCUT2D eigenvalue weighted by Crippen LogP contribution is -2.36. The molecule has 0 bridgehead atoms. The predicted octanol–water partition coefficient (Wildman–Crippen LogP) is 1.12. The summed E-state index contributed by atoms with van der Waals surface area (Å²) in [7, 11) is 1.56. The first-order chi connectivity index (χ1) is 19.4. The molecule has 13 nitrogen and oxygen atoms in total. The van der Waals surface area contributed by atoms with Crippen LogP contribution in [0.2, 0.25) is 0 Å². The highest BCUT2D eigenvalue weighted by atomic mass is 32.2. The summed E-state index contributed by atoms with van der Waals surface area (Å²) in [5, 5.41) is 9.34. The predicted molar refractivity (Wildman–Crippen MR) is 151 cm³/mol. The van der Waals surface area contributed by atoms with E-state index in [9.17, 15) is 14.4 Å². The van der Waals surface area contributed by atoms with Gasteiger partial charge in [0.15, 0.2) is 11.5 Å². The third-order valence-electron chi connectivity index (χ3n) is 7.08. The molecule has 214 valence electrons. The first-order valence-electron chi connectivity index (χ1n) is 13.3. The van der Waals surface area contributed by atoms with Crippen LogP contribution in [0.1, 0.15) is 36.8 Å². The molecule has 2 saturated heterocycles. The number of nitrogens with zero attached hydrogens (tertiary/aromatic N) is 3. The van der Waals surface area contributed by atoms with Crippen LogP contribution in [0.15, 0.2) is 29.1 Å². The lowest BCUT2D eigenvalue weighted by atomic mass is 10.0. The number of carbonyl (C=O) groups is 2. The minimum Gasteiger partial charge on any atom is -0.461 e. The molecule has 3 amide bonds. The van der Waals surface area contributed by atoms with Crippen LogP contribution in [0.3, 0.4) is 0 Å². The van der Waals surface area contributed by atoms with Crippen LogP contribution in [0.4, 0.5) is 10.6 Å². The van der Waals surface area contributed by atoms with Gasteiger partial charge in [0.2, 0.25) is 5.91 Å². The fraction of sp³-hybridized carbons (Fsp3) is 0.500. The number of fused-ring (bicyclic) bond motifs is 2. The van der Waals surface area contributed by atoms with Gasteiger partial charge in [-0.1, -0.05) is 30.7 Å². The number of hydrogen-bond donors (Lipinski definition) is 5. The molecule has 2 aliphatic rings. The minimum absolute atomic E-state index is 0.0167. The summed E-state index contributed by atoms with van der Waals surface area (Å²) in [5.41, 5.74) is 8.22. The molecule has 2 fully saturated rings. The molecule has 0 radical (unpaired) electrons. The van der Waals surface area contributed by atoms with E-state index in [0.29, 0.717) is 36.0 Å². The molecule has 4 heterocycles. The quantitative estimate of drug-likeness (QED) is 0.149. The van der Waals surface area contributed by atoms with Gasteiger partial charge in [0.05, 0.1) is 25.2 Å². The van der Waals surface area contributed by atoms with Crippen LogP contribution in [0, 0.1) is 0 Å². The maximum atomic E-state index is 12.6. The van der Waals surface area contributed by atoms with Crippen LogP contribution in [-0.4, -0.2) is 74.9 Å². The molecule has 40 heavy (non-hydrogen) atoms. The van der Waals surface area contributed by atoms with Gasteiger partial charge in [-0.2, -0.15) is 21.7 Å². The molecule has 2 aromatic heterocycles. The molecular formula is C26H34N8O5S. The SMILES string of the molecule is COCCOc1nc(N)c2[nH]c(=O)n(Cc3ccc(CNC(=O)CCCC[C@@H]4SC[C@@H]5NC(=O)N[C@@H]54)cc3)c2n1. The molecule has 6 N–H and O–H groups in total. The van der Waals surface area contributed by atoms with Gasteiger partial charge in [-0.15, -0.1) is 0 Å². The molecule has 14 heteroatoms. The first kappa shape index (κ1) is 27.8. The van der Waals surface area contributed by atoms with Gasteiger partial charge in [0, 0.05) is 31.1 Å². The van der Waals surface area contributed by atoms with E-state index < -0.39 is 0 Å². The van der Waals surface area contributed by atoms with Crippen molar-refractivity contribution < 1.29 is 19.1 Å². The lowest BCUT2D eigenvalue weighted by molar-refractivity contribution is -0.121. The Morgan fingerprint density at radius 2 is 1.95 bits per heavy atom. The fourth-order valence-corrected chi connectivity index (χ4v) is 6.51. The monoisotopic (exact) mass is 570 g/mol. The van der Waals surface area contributed by atoms with Crippen molar-refractivity contribution in [1.82, 2.24) is 35.5 Å². The van der Waals surface area contributed by atoms with Gasteiger partial charge in [-0.3, -0.25) is 9.36 Å². The highest BCUT2D eigenvalue weighted by Gasteiger charge is 2.42. The number of nitrogen functional groups attached to an aromatic ring is 1. The number of anilines is 1. The second-order valence-corrected chi connectivity index (χ2v) is 11.2. The molecule has 0 aliphatic carbocycles. The van der Waals surface area contributed by atoms with E-state index in [-0.39, 0.29) is 54.7 Å². The van der Waals surface area contributed by atoms with E-state index in [1.54, 1.807) is 7.11 Å². The van der Waals surface area contributed by atoms with Crippen LogP contribution in [0.25, 0.3) is 11.2 Å². The van der Waals surface area contributed by atoms with Crippen LogP contribution in [-0.2, 0) is 22.6 Å². The van der Waals surface area contributed by atoms with Crippen molar-refractivity contribution in [2.75, 3.05) is 31.8 Å². The number of aromatic nitrogens is 4. The number of carbonyl (C=O) groups excluding carboxylic acids is 2. The molecule has 1 aromatic carbocycles. The van der Waals surface area contributed by atoms with E-state index >= 15 is 0 Å². The van der Waals surface area contributed by atoms with Crippen molar-refractivity contribution in [3.05, 3.63) is 45.9 Å². The van der Waals surface area contributed by atoms with E-state index in [1.165, 1.54) is 4.57 Å². The Labute approximate surface area is 235 Å². The average molecular weight is 571 g/mol. The van der Waals surface area contributed by atoms with Crippen molar-refractivity contribution in [2.24, 2.45) is 0 Å². The lowest BCUT2D eigenvalue weighted by Gasteiger charge is -2.16. The number of urea groups is 1. The molecule has 2 aliphatic heterocycles. The highest BCUT2D eigenvalue weighted by molar-refractivity contribution is 8.00. The molecule has 0 unspecified atom stereocenters. The Hall–Kier alpha value is -3.78. The highest BCUT2D eigenvalue weighted by Crippen LogP contribution is 2.33. The van der Waals surface area contributed by atoms with Gasteiger partial charge in [0.1, 0.15) is 12.1 Å². The van der Waals surface area contributed by atoms with Crippen molar-refractivity contribution in [3.63, 3.8) is 0 Å². The summed E-state index contributed by atoms with van der Waals surface area (Å²) >= 11 is 1.89. The Morgan fingerprint density at radius 1 is 1.15 bits per heavy atom. The number of ether oxygens (including phenoxy) is 2. The largest absolute Gasteiger partial charge is 0.461 e. The molecule has 5 rings (SSSR count). The van der Waals surface area contributed by atoms with Gasteiger partial charge in [-0.05, 0) is 24.0 Å². The molecule has 3 atom stereocenters. The van der Waals surface area contributed by atoms with E-state index in [4.69, 9.17) is 15.2 Å². The Morgan fingerprint density at radius 3 is 2.75 bits per heavy atom. The fourth-order valence-electron chi connectivity index (χ4n) is 4.97. The second-order valence-electron chi connectivity index (χ2n) is 9.91. The van der Waals surface area contributed by atoms with Gasteiger partial charge in [0.25, 0.3) is 0 Å². The number of rotatable bonds is 13. The Balaban J connectivity index is 1.09. The van der Waals surface area contributed by atoms with Gasteiger partial charge < -0.3 is 36.1 Å². The Kier molecular flexibility index (Phi) is 8.75. The van der Waals surface area contributed by atoms with Gasteiger partial charge >= 0.3 is 17.7 Å². The number of unbranched alkanes of at least 4 members (excludes halogenated alkanes) is 1. The second kappa shape index (κ2) is 12.6. The first-order valence-corrected chi connectivity index (χ1v) is 14.4. The van der Waals surface area contributed by atoms with Crippen LogP contribution < -0.4 is 32.1 Å². The van der Waals surface area contributed by atoms with E-state index in [1.807, 2.05) is 36.0 Å². The number of thioether (sulfide) groups is 1. The summed E-state index contributed by atoms with van der Waals surface area (Å²) in [6.07, 6.45) is 3.22. The van der Waals surface area contributed by atoms with Crippen molar-refractivity contribution in [3.8, 4) is 6.01 Å². The Bertz CT molecular complexity index is 1410. The zero-order valence-electron chi connectivity index (χ0n) is 22.3. The smallest absolute Gasteiger partial charge is 0.328 e. The summed E-state index contributed by atoms with van der Waals surface area (Å²) < 4.78 is 11.9. The number of methoxy groups -OCH3 is 1. The van der Waals surface area contributed by atoms with Crippen LogP contribution >= 0.6 is 11.8 Å². The molecular weight excluding hydrogens is 536 g/mol. The molecule has 0 saturated carbocycles. The topological polar surface area (TPSA) is 178 Å². The number of nitrogens with two attached hydrogens (primary N) is 1. The van der Waals surface area contributed by atoms with Crippen molar-refractivity contribution in [2.45, 2.75) is 56.1 Å². The van der Waals surface area contributed by atoms with E-state index in [2.05, 4.69) is 30.9 Å². The minimum atomic E-state index is -0.350. The summed E-state index contributed by atoms with van der Waals surface area (Å²) in [5.74, 6) is 1.09. The third kappa shape index (κ3) is 6.50. The zero-order chi connectivity index (χ0) is 28.1. The number of benzene rings is 1. The summed E-state index contributed by atoms with van der Waals surface area (Å²) in [6.45, 7) is 1.33. The summed E-state index contributed by atoms with van der Waals surface area (Å²) in [6, 6.07) is 8.11. The maximum Gasteiger partial charge on any atom is 0.328 e. The standard InChI is InChI=1S/C26H34N8O5S/c1-38-10-11-39-25-32-22(27)21-23(33-25)34(26(37)31-21)13-16-8-6-15(7-9-16)12-28-19(35)5-3-2-4-18-20-17(14-40-18)29-24(36)30-20/h6-9,17-18,20H,2-5,10-14H2,1H3,(H,28,35)(H,31,37)(H2,27,32,33)(H2,29,30,36)/t17-,18-,20-/m0/s1. The van der Waals surface area contributed by atoms with Crippen molar-refractivity contribution >= 4 is 40.7 Å². The van der Waals surface area contributed by atoms with Gasteiger partial charge in [-0.25, -0.2) is 9.59 Å². The molecule has 0 spiro atoms. The number of H-pyrrole nitrogens is 1. The van der Waals surface area contributed by atoms with Crippen LogP contribution in [0.5, 0.6) is 6.01 Å². The number of imidazole rings is 1. The van der Waals surface area contributed by atoms with E-state index in [0.717, 1.165) is 36.1 Å². The third-order valence-corrected chi connectivity index (χ3v) is 8.59. The molecule has 3 aromatic rings. The number of hydrogen-bond acceptors (Lipinski definition) is 9. The normalized spacial score (nSPS) is 19.8. The maximum absolute atomic E-state index is 12.6. The number of nitrogens with one attached hydrogen (secondary N) is 4. The summed E-state index contributed by atoms with van der Waals surface area (Å²) in [4.78, 5) is 47.6. The zero-order valence-corrected chi connectivity index (χ0v) is 23.1. The van der Waals surface area contributed by atoms with Crippen molar-refractivity contribution in [1.29, 1.82) is 0 Å². The number of aromatic amines is 1.